The first kappa shape index (κ1) is 13.9. The van der Waals surface area contributed by atoms with Crippen molar-refractivity contribution in [2.24, 2.45) is 5.16 Å². The zero-order chi connectivity index (χ0) is 13.5. The topological polar surface area (TPSA) is 124 Å². The smallest absolute Gasteiger partial charge is 0.360 e. The Morgan fingerprint density at radius 1 is 1.61 bits per heavy atom. The lowest BCUT2D eigenvalue weighted by Crippen LogP contribution is -2.17. The Kier molecular flexibility index (Phi) is 5.06. The lowest BCUT2D eigenvalue weighted by atomic mass is 10.3. The number of aliphatic carboxylic acids is 1. The van der Waals surface area contributed by atoms with Crippen molar-refractivity contribution in [2.45, 2.75) is 6.92 Å². The van der Waals surface area contributed by atoms with E-state index < -0.39 is 24.3 Å². The van der Waals surface area contributed by atoms with Crippen molar-refractivity contribution in [1.29, 1.82) is 0 Å². The molecule has 3 N–H and O–H groups in total. The number of thiazole rings is 1. The average molecular weight is 273 g/mol. The van der Waals surface area contributed by atoms with Gasteiger partial charge in [-0.2, -0.15) is 0 Å². The van der Waals surface area contributed by atoms with Gasteiger partial charge in [0.2, 0.25) is 12.3 Å². The molecule has 0 aliphatic rings. The van der Waals surface area contributed by atoms with Crippen LogP contribution in [0.1, 0.15) is 12.6 Å². The van der Waals surface area contributed by atoms with Crippen LogP contribution in [-0.4, -0.2) is 41.0 Å². The number of carboxylic acid groups (broad SMARTS) is 1. The number of esters is 1. The Hall–Kier alpha value is -2.16. The van der Waals surface area contributed by atoms with E-state index >= 15 is 0 Å². The number of oxime groups is 1. The summed E-state index contributed by atoms with van der Waals surface area (Å²) in [6, 6.07) is 0. The van der Waals surface area contributed by atoms with Gasteiger partial charge < -0.3 is 20.4 Å². The van der Waals surface area contributed by atoms with Crippen molar-refractivity contribution in [3.63, 3.8) is 0 Å². The largest absolute Gasteiger partial charge is 0.476 e. The fourth-order valence-electron chi connectivity index (χ4n) is 0.944. The monoisotopic (exact) mass is 273 g/mol. The van der Waals surface area contributed by atoms with Gasteiger partial charge in [0.1, 0.15) is 5.69 Å². The van der Waals surface area contributed by atoms with Gasteiger partial charge in [0.15, 0.2) is 5.13 Å². The van der Waals surface area contributed by atoms with Gasteiger partial charge in [0.25, 0.3) is 0 Å². The second-order valence-electron chi connectivity index (χ2n) is 2.89. The molecule has 0 atom stereocenters. The Morgan fingerprint density at radius 2 is 2.33 bits per heavy atom. The third-order valence-corrected chi connectivity index (χ3v) is 2.28. The van der Waals surface area contributed by atoms with Gasteiger partial charge in [-0.15, -0.1) is 11.3 Å². The molecule has 0 spiro atoms. The van der Waals surface area contributed by atoms with Crippen LogP contribution >= 0.6 is 11.3 Å². The molecule has 1 aromatic rings. The number of nitrogen functional groups attached to an aromatic ring is 1. The van der Waals surface area contributed by atoms with E-state index in [9.17, 15) is 9.59 Å². The van der Waals surface area contributed by atoms with Gasteiger partial charge in [-0.25, -0.2) is 14.6 Å². The molecule has 0 unspecified atom stereocenters. The molecule has 0 saturated carbocycles. The van der Waals surface area contributed by atoms with E-state index in [0.717, 1.165) is 11.3 Å². The highest BCUT2D eigenvalue weighted by atomic mass is 32.1. The lowest BCUT2D eigenvalue weighted by molar-refractivity contribution is -0.148. The zero-order valence-corrected chi connectivity index (χ0v) is 10.3. The van der Waals surface area contributed by atoms with Crippen LogP contribution in [0.25, 0.3) is 0 Å². The van der Waals surface area contributed by atoms with Crippen LogP contribution in [0.4, 0.5) is 5.13 Å². The normalized spacial score (nSPS) is 11.1. The Bertz CT molecular complexity index is 471. The highest BCUT2D eigenvalue weighted by Crippen LogP contribution is 2.12. The van der Waals surface area contributed by atoms with Crippen LogP contribution in [0.3, 0.4) is 0 Å². The molecule has 8 nitrogen and oxygen atoms in total. The lowest BCUT2D eigenvalue weighted by Gasteiger charge is -2.01. The number of carboxylic acids is 1. The maximum atomic E-state index is 10.9. The number of nitrogens with zero attached hydrogens (tertiary/aromatic N) is 2. The van der Waals surface area contributed by atoms with Crippen LogP contribution < -0.4 is 5.73 Å². The van der Waals surface area contributed by atoms with Crippen molar-refractivity contribution in [1.82, 2.24) is 4.98 Å². The molecular formula is C9H11N3O5S. The summed E-state index contributed by atoms with van der Waals surface area (Å²) >= 11 is 1.07. The molecule has 1 rings (SSSR count). The number of aromatic nitrogens is 1. The van der Waals surface area contributed by atoms with Crippen molar-refractivity contribution in [2.75, 3.05) is 18.9 Å². The van der Waals surface area contributed by atoms with E-state index in [1.165, 1.54) is 5.38 Å². The van der Waals surface area contributed by atoms with Gasteiger partial charge in [-0.05, 0) is 6.92 Å². The maximum absolute atomic E-state index is 10.9. The minimum absolute atomic E-state index is 0.0776. The van der Waals surface area contributed by atoms with Crippen molar-refractivity contribution < 1.29 is 24.3 Å². The average Bonchev–Trinajstić information content (AvgIpc) is 2.71. The highest BCUT2D eigenvalue weighted by Gasteiger charge is 2.17. The number of hydrogen-bond acceptors (Lipinski definition) is 8. The van der Waals surface area contributed by atoms with E-state index in [0.29, 0.717) is 0 Å². The van der Waals surface area contributed by atoms with E-state index in [-0.39, 0.29) is 17.4 Å². The van der Waals surface area contributed by atoms with Crippen LogP contribution in [-0.2, 0) is 19.2 Å². The molecule has 98 valence electrons. The maximum Gasteiger partial charge on any atom is 0.360 e. The summed E-state index contributed by atoms with van der Waals surface area (Å²) in [5, 5.41) is 13.9. The van der Waals surface area contributed by atoms with Crippen LogP contribution in [0.5, 0.6) is 0 Å². The van der Waals surface area contributed by atoms with Gasteiger partial charge in [0.05, 0.1) is 6.61 Å². The molecule has 0 radical (unpaired) electrons. The summed E-state index contributed by atoms with van der Waals surface area (Å²) in [4.78, 5) is 30.2. The fraction of sp³-hybridized carbons (Fsp3) is 0.333. The number of anilines is 1. The second kappa shape index (κ2) is 6.55. The van der Waals surface area contributed by atoms with Crippen LogP contribution in [0, 0.1) is 0 Å². The van der Waals surface area contributed by atoms with Gasteiger partial charge in [-0.3, -0.25) is 0 Å². The number of ether oxygens (including phenoxy) is 1. The third-order valence-electron chi connectivity index (χ3n) is 1.61. The summed E-state index contributed by atoms with van der Waals surface area (Å²) in [7, 11) is 0. The highest BCUT2D eigenvalue weighted by molar-refractivity contribution is 7.13. The summed E-state index contributed by atoms with van der Waals surface area (Å²) in [5.41, 5.74) is 5.03. The van der Waals surface area contributed by atoms with Crippen molar-refractivity contribution in [3.05, 3.63) is 11.1 Å². The molecule has 9 heteroatoms. The first-order chi connectivity index (χ1) is 8.54. The number of carbonyl (C=O) groups excluding carboxylic acids is 1. The van der Waals surface area contributed by atoms with E-state index in [1.807, 2.05) is 0 Å². The van der Waals surface area contributed by atoms with E-state index in [1.54, 1.807) is 6.92 Å². The molecule has 0 fully saturated rings. The first-order valence-corrected chi connectivity index (χ1v) is 5.72. The van der Waals surface area contributed by atoms with E-state index in [2.05, 4.69) is 19.7 Å². The predicted octanol–water partition coefficient (Wildman–Crippen LogP) is 0.0937. The molecule has 0 aliphatic carbocycles. The minimum Gasteiger partial charge on any atom is -0.476 e. The van der Waals surface area contributed by atoms with Crippen LogP contribution in [0.2, 0.25) is 0 Å². The summed E-state index contributed by atoms with van der Waals surface area (Å²) in [6.45, 7) is 1.38. The molecule has 18 heavy (non-hydrogen) atoms. The molecule has 0 aliphatic heterocycles. The molecule has 1 aromatic heterocycles. The number of hydrogen-bond donors (Lipinski definition) is 2. The van der Waals surface area contributed by atoms with E-state index in [4.69, 9.17) is 10.8 Å². The molecule has 0 amide bonds. The summed E-state index contributed by atoms with van der Waals surface area (Å²) in [5.74, 6) is -1.96. The first-order valence-electron chi connectivity index (χ1n) is 4.84. The Labute approximate surface area is 106 Å². The van der Waals surface area contributed by atoms with Gasteiger partial charge >= 0.3 is 11.9 Å². The summed E-state index contributed by atoms with van der Waals surface area (Å²) in [6.07, 6.45) is 0. The Balaban J connectivity index is 2.68. The van der Waals surface area contributed by atoms with Gasteiger partial charge in [-0.1, -0.05) is 5.16 Å². The quantitative estimate of drug-likeness (QED) is 0.427. The molecule has 0 saturated heterocycles. The van der Waals surface area contributed by atoms with Gasteiger partial charge in [0, 0.05) is 5.38 Å². The molecule has 0 aromatic carbocycles. The predicted molar refractivity (Wildman–Crippen MR) is 63.3 cm³/mol. The number of nitrogens with two attached hydrogens (primary N) is 1. The van der Waals surface area contributed by atoms with Crippen molar-refractivity contribution >= 4 is 34.1 Å². The standard InChI is InChI=1S/C9H11N3O5S/c1-2-16-6(13)3-17-12-7(8(14)15)5-4-18-9(10)11-5/h4H,2-3H2,1H3,(H2,10,11)(H,14,15)/b12-7-. The zero-order valence-electron chi connectivity index (χ0n) is 9.45. The fourth-order valence-corrected chi connectivity index (χ4v) is 1.49. The number of carbonyl (C=O) groups is 2. The SMILES string of the molecule is CCOC(=O)CO/N=C(\C(=O)O)c1csc(N)n1. The van der Waals surface area contributed by atoms with Crippen LogP contribution in [0.15, 0.2) is 10.5 Å². The molecular weight excluding hydrogens is 262 g/mol. The Morgan fingerprint density at radius 3 is 2.83 bits per heavy atom. The second-order valence-corrected chi connectivity index (χ2v) is 3.78. The number of rotatable bonds is 6. The molecule has 0 bridgehead atoms. The molecule has 1 heterocycles. The minimum atomic E-state index is -1.33. The summed E-state index contributed by atoms with van der Waals surface area (Å²) < 4.78 is 4.58. The third kappa shape index (κ3) is 4.01. The van der Waals surface area contributed by atoms with Crippen molar-refractivity contribution in [3.8, 4) is 0 Å².